The van der Waals surface area contributed by atoms with Gasteiger partial charge in [-0.1, -0.05) is 12.1 Å². The highest BCUT2D eigenvalue weighted by Gasteiger charge is 2.15. The van der Waals surface area contributed by atoms with Gasteiger partial charge in [0.05, 0.1) is 12.6 Å². The molecule has 0 saturated heterocycles. The summed E-state index contributed by atoms with van der Waals surface area (Å²) in [5.41, 5.74) is 8.06. The first-order valence-corrected chi connectivity index (χ1v) is 6.75. The number of ether oxygens (including phenoxy) is 1. The monoisotopic (exact) mass is 290 g/mol. The van der Waals surface area contributed by atoms with Gasteiger partial charge in [0, 0.05) is 24.9 Å². The SMILES string of the molecule is COCCn1c(C)ccc(C(N)c2ccc(F)cc2)c1=O. The van der Waals surface area contributed by atoms with Crippen LogP contribution in [0.4, 0.5) is 4.39 Å². The molecule has 2 rings (SSSR count). The topological polar surface area (TPSA) is 57.2 Å². The quantitative estimate of drug-likeness (QED) is 0.916. The Bertz CT molecular complexity index is 665. The van der Waals surface area contributed by atoms with Gasteiger partial charge in [-0.15, -0.1) is 0 Å². The number of rotatable bonds is 5. The molecule has 1 aromatic heterocycles. The first-order chi connectivity index (χ1) is 10.0. The molecule has 1 unspecified atom stereocenters. The lowest BCUT2D eigenvalue weighted by atomic mass is 10.0. The summed E-state index contributed by atoms with van der Waals surface area (Å²) in [5, 5.41) is 0. The molecule has 112 valence electrons. The Hall–Kier alpha value is -1.98. The van der Waals surface area contributed by atoms with Crippen molar-refractivity contribution in [3.05, 3.63) is 69.4 Å². The molecule has 0 bridgehead atoms. The van der Waals surface area contributed by atoms with Crippen molar-refractivity contribution < 1.29 is 9.13 Å². The van der Waals surface area contributed by atoms with Crippen LogP contribution in [0.15, 0.2) is 41.2 Å². The Kier molecular flexibility index (Phi) is 4.88. The molecular formula is C16H19FN2O2. The molecule has 1 atom stereocenters. The van der Waals surface area contributed by atoms with Crippen LogP contribution in [0.1, 0.15) is 22.9 Å². The third-order valence-electron chi connectivity index (χ3n) is 3.51. The van der Waals surface area contributed by atoms with Crippen molar-refractivity contribution in [2.45, 2.75) is 19.5 Å². The Morgan fingerprint density at radius 3 is 2.52 bits per heavy atom. The summed E-state index contributed by atoms with van der Waals surface area (Å²) >= 11 is 0. The summed E-state index contributed by atoms with van der Waals surface area (Å²) in [4.78, 5) is 12.5. The molecule has 5 heteroatoms. The van der Waals surface area contributed by atoms with E-state index in [2.05, 4.69) is 0 Å². The smallest absolute Gasteiger partial charge is 0.255 e. The molecule has 0 fully saturated rings. The van der Waals surface area contributed by atoms with Crippen molar-refractivity contribution in [2.24, 2.45) is 5.73 Å². The van der Waals surface area contributed by atoms with Crippen molar-refractivity contribution in [3.8, 4) is 0 Å². The van der Waals surface area contributed by atoms with Gasteiger partial charge in [-0.3, -0.25) is 4.79 Å². The van der Waals surface area contributed by atoms with Gasteiger partial charge in [0.25, 0.3) is 5.56 Å². The Balaban J connectivity index is 2.39. The maximum atomic E-state index is 13.0. The van der Waals surface area contributed by atoms with Crippen LogP contribution in [0.5, 0.6) is 0 Å². The lowest BCUT2D eigenvalue weighted by Gasteiger charge is -2.16. The van der Waals surface area contributed by atoms with Crippen LogP contribution in [-0.2, 0) is 11.3 Å². The van der Waals surface area contributed by atoms with Crippen molar-refractivity contribution in [1.82, 2.24) is 4.57 Å². The van der Waals surface area contributed by atoms with Crippen molar-refractivity contribution >= 4 is 0 Å². The lowest BCUT2D eigenvalue weighted by Crippen LogP contribution is -2.31. The minimum atomic E-state index is -0.576. The Morgan fingerprint density at radius 1 is 1.24 bits per heavy atom. The zero-order valence-corrected chi connectivity index (χ0v) is 12.2. The zero-order chi connectivity index (χ0) is 15.4. The standard InChI is InChI=1S/C16H19FN2O2/c1-11-3-8-14(16(20)19(11)9-10-21-2)15(18)12-4-6-13(17)7-5-12/h3-8,15H,9-10,18H2,1-2H3. The second kappa shape index (κ2) is 6.65. The number of nitrogens with two attached hydrogens (primary N) is 1. The molecule has 2 N–H and O–H groups in total. The highest BCUT2D eigenvalue weighted by atomic mass is 19.1. The maximum absolute atomic E-state index is 13.0. The van der Waals surface area contributed by atoms with Crippen LogP contribution in [0, 0.1) is 12.7 Å². The number of aromatic nitrogens is 1. The van der Waals surface area contributed by atoms with Crippen LogP contribution < -0.4 is 11.3 Å². The predicted molar refractivity (Wildman–Crippen MR) is 79.7 cm³/mol. The van der Waals surface area contributed by atoms with Gasteiger partial charge >= 0.3 is 0 Å². The van der Waals surface area contributed by atoms with Crippen molar-refractivity contribution in [1.29, 1.82) is 0 Å². The van der Waals surface area contributed by atoms with E-state index < -0.39 is 6.04 Å². The summed E-state index contributed by atoms with van der Waals surface area (Å²) in [6, 6.07) is 8.88. The van der Waals surface area contributed by atoms with E-state index in [1.54, 1.807) is 29.9 Å². The summed E-state index contributed by atoms with van der Waals surface area (Å²) in [5.74, 6) is -0.327. The molecular weight excluding hydrogens is 271 g/mol. The number of halogens is 1. The van der Waals surface area contributed by atoms with Crippen molar-refractivity contribution in [2.75, 3.05) is 13.7 Å². The van der Waals surface area contributed by atoms with Gasteiger partial charge in [-0.25, -0.2) is 4.39 Å². The Morgan fingerprint density at radius 2 is 1.90 bits per heavy atom. The molecule has 0 saturated carbocycles. The molecule has 0 aliphatic rings. The van der Waals surface area contributed by atoms with Gasteiger partial charge < -0.3 is 15.0 Å². The number of pyridine rings is 1. The summed E-state index contributed by atoms with van der Waals surface area (Å²) in [6.07, 6.45) is 0. The van der Waals surface area contributed by atoms with E-state index in [-0.39, 0.29) is 11.4 Å². The average Bonchev–Trinajstić information content (AvgIpc) is 2.47. The molecule has 21 heavy (non-hydrogen) atoms. The number of benzene rings is 1. The van der Waals surface area contributed by atoms with Crippen LogP contribution >= 0.6 is 0 Å². The predicted octanol–water partition coefficient (Wildman–Crippen LogP) is 1.99. The zero-order valence-electron chi connectivity index (χ0n) is 12.2. The van der Waals surface area contributed by atoms with E-state index in [1.165, 1.54) is 12.1 Å². The third kappa shape index (κ3) is 3.37. The van der Waals surface area contributed by atoms with Gasteiger partial charge in [0.2, 0.25) is 0 Å². The molecule has 0 spiro atoms. The van der Waals surface area contributed by atoms with E-state index in [0.29, 0.717) is 24.3 Å². The fourth-order valence-electron chi connectivity index (χ4n) is 2.23. The molecule has 4 nitrogen and oxygen atoms in total. The van der Waals surface area contributed by atoms with Crippen LogP contribution in [0.2, 0.25) is 0 Å². The number of nitrogens with zero attached hydrogens (tertiary/aromatic N) is 1. The number of methoxy groups -OCH3 is 1. The van der Waals surface area contributed by atoms with E-state index in [1.807, 2.05) is 13.0 Å². The van der Waals surface area contributed by atoms with E-state index in [0.717, 1.165) is 5.69 Å². The van der Waals surface area contributed by atoms with E-state index in [4.69, 9.17) is 10.5 Å². The molecule has 2 aromatic rings. The second-order valence-corrected chi connectivity index (χ2v) is 4.91. The minimum absolute atomic E-state index is 0.135. The Labute approximate surface area is 123 Å². The van der Waals surface area contributed by atoms with Crippen LogP contribution in [-0.4, -0.2) is 18.3 Å². The number of aryl methyl sites for hydroxylation is 1. The number of hydrogen-bond donors (Lipinski definition) is 1. The lowest BCUT2D eigenvalue weighted by molar-refractivity contribution is 0.185. The molecule has 0 amide bonds. The second-order valence-electron chi connectivity index (χ2n) is 4.91. The normalized spacial score (nSPS) is 12.4. The third-order valence-corrected chi connectivity index (χ3v) is 3.51. The highest BCUT2D eigenvalue weighted by Crippen LogP contribution is 2.17. The van der Waals surface area contributed by atoms with Crippen LogP contribution in [0.3, 0.4) is 0 Å². The number of hydrogen-bond acceptors (Lipinski definition) is 3. The first-order valence-electron chi connectivity index (χ1n) is 6.75. The van der Waals surface area contributed by atoms with E-state index in [9.17, 15) is 9.18 Å². The summed E-state index contributed by atoms with van der Waals surface area (Å²) < 4.78 is 19.6. The van der Waals surface area contributed by atoms with E-state index >= 15 is 0 Å². The highest BCUT2D eigenvalue weighted by molar-refractivity contribution is 5.31. The maximum Gasteiger partial charge on any atom is 0.255 e. The summed E-state index contributed by atoms with van der Waals surface area (Å²) in [6.45, 7) is 2.80. The largest absolute Gasteiger partial charge is 0.383 e. The first kappa shape index (κ1) is 15.4. The minimum Gasteiger partial charge on any atom is -0.383 e. The van der Waals surface area contributed by atoms with Gasteiger partial charge in [0.15, 0.2) is 0 Å². The van der Waals surface area contributed by atoms with Gasteiger partial charge in [-0.05, 0) is 36.8 Å². The summed E-state index contributed by atoms with van der Waals surface area (Å²) in [7, 11) is 1.59. The average molecular weight is 290 g/mol. The molecule has 1 aromatic carbocycles. The molecule has 0 radical (unpaired) electrons. The fourth-order valence-corrected chi connectivity index (χ4v) is 2.23. The molecule has 1 heterocycles. The molecule has 0 aliphatic carbocycles. The van der Waals surface area contributed by atoms with Crippen molar-refractivity contribution in [3.63, 3.8) is 0 Å². The van der Waals surface area contributed by atoms with Gasteiger partial charge in [0.1, 0.15) is 5.82 Å². The fraction of sp³-hybridized carbons (Fsp3) is 0.312. The van der Waals surface area contributed by atoms with Crippen LogP contribution in [0.25, 0.3) is 0 Å². The van der Waals surface area contributed by atoms with Gasteiger partial charge in [-0.2, -0.15) is 0 Å². The molecule has 0 aliphatic heterocycles.